The van der Waals surface area contributed by atoms with Crippen molar-refractivity contribution in [1.82, 2.24) is 4.98 Å². The molecule has 0 amide bonds. The van der Waals surface area contributed by atoms with Gasteiger partial charge in [-0.25, -0.2) is 0 Å². The SMILES string of the molecule is Cc1cncc(NCc2cccc3c2OC(C)(C)C3)c1. The van der Waals surface area contributed by atoms with Gasteiger partial charge in [0.2, 0.25) is 0 Å². The van der Waals surface area contributed by atoms with Gasteiger partial charge in [-0.15, -0.1) is 0 Å². The predicted molar refractivity (Wildman–Crippen MR) is 81.2 cm³/mol. The third-order valence-corrected chi connectivity index (χ3v) is 3.53. The number of para-hydroxylation sites is 1. The number of hydrogen-bond donors (Lipinski definition) is 1. The van der Waals surface area contributed by atoms with Crippen molar-refractivity contribution in [2.45, 2.75) is 39.3 Å². The van der Waals surface area contributed by atoms with Gasteiger partial charge in [0.25, 0.3) is 0 Å². The van der Waals surface area contributed by atoms with Crippen LogP contribution in [0.2, 0.25) is 0 Å². The van der Waals surface area contributed by atoms with Crippen LogP contribution in [0.3, 0.4) is 0 Å². The average molecular weight is 268 g/mol. The Morgan fingerprint density at radius 3 is 2.95 bits per heavy atom. The standard InChI is InChI=1S/C17H20N2O/c1-12-7-15(11-18-9-12)19-10-14-6-4-5-13-8-17(2,3)20-16(13)14/h4-7,9,11,19H,8,10H2,1-3H3. The fourth-order valence-corrected chi connectivity index (χ4v) is 2.67. The summed E-state index contributed by atoms with van der Waals surface area (Å²) in [6.07, 6.45) is 4.68. The van der Waals surface area contributed by atoms with E-state index in [2.05, 4.69) is 48.4 Å². The first kappa shape index (κ1) is 13.0. The van der Waals surface area contributed by atoms with E-state index in [1.807, 2.05) is 19.3 Å². The number of hydrogen-bond acceptors (Lipinski definition) is 3. The molecule has 3 heteroatoms. The highest BCUT2D eigenvalue weighted by atomic mass is 16.5. The average Bonchev–Trinajstić information content (AvgIpc) is 2.71. The van der Waals surface area contributed by atoms with Crippen molar-refractivity contribution in [3.8, 4) is 5.75 Å². The highest BCUT2D eigenvalue weighted by molar-refractivity contribution is 5.49. The summed E-state index contributed by atoms with van der Waals surface area (Å²) >= 11 is 0. The van der Waals surface area contributed by atoms with Crippen LogP contribution in [0.1, 0.15) is 30.5 Å². The summed E-state index contributed by atoms with van der Waals surface area (Å²) in [5.74, 6) is 1.05. The second kappa shape index (κ2) is 4.82. The third kappa shape index (κ3) is 2.62. The Bertz CT molecular complexity index is 635. The summed E-state index contributed by atoms with van der Waals surface area (Å²) in [6, 6.07) is 8.48. The van der Waals surface area contributed by atoms with Gasteiger partial charge in [0.15, 0.2) is 0 Å². The highest BCUT2D eigenvalue weighted by Gasteiger charge is 2.31. The molecule has 3 nitrogen and oxygen atoms in total. The summed E-state index contributed by atoms with van der Waals surface area (Å²) in [5.41, 5.74) is 4.61. The number of nitrogens with zero attached hydrogens (tertiary/aromatic N) is 1. The van der Waals surface area contributed by atoms with E-state index < -0.39 is 0 Å². The van der Waals surface area contributed by atoms with Crippen molar-refractivity contribution in [3.05, 3.63) is 53.3 Å². The van der Waals surface area contributed by atoms with Gasteiger partial charge < -0.3 is 10.1 Å². The van der Waals surface area contributed by atoms with Crippen molar-refractivity contribution in [3.63, 3.8) is 0 Å². The normalized spacial score (nSPS) is 15.6. The molecule has 0 saturated carbocycles. The molecular formula is C17H20N2O. The minimum Gasteiger partial charge on any atom is -0.487 e. The summed E-state index contributed by atoms with van der Waals surface area (Å²) in [6.45, 7) is 7.07. The van der Waals surface area contributed by atoms with E-state index in [0.717, 1.165) is 30.0 Å². The zero-order valence-corrected chi connectivity index (χ0v) is 12.2. The Hall–Kier alpha value is -2.03. The molecule has 104 valence electrons. The molecule has 0 aliphatic carbocycles. The van der Waals surface area contributed by atoms with Gasteiger partial charge in [-0.2, -0.15) is 0 Å². The van der Waals surface area contributed by atoms with Crippen LogP contribution in [0.5, 0.6) is 5.75 Å². The molecular weight excluding hydrogens is 248 g/mol. The molecule has 0 saturated heterocycles. The molecule has 2 heterocycles. The molecule has 1 N–H and O–H groups in total. The second-order valence-corrected chi connectivity index (χ2v) is 6.05. The van der Waals surface area contributed by atoms with Crippen molar-refractivity contribution in [2.24, 2.45) is 0 Å². The van der Waals surface area contributed by atoms with Crippen molar-refractivity contribution in [2.75, 3.05) is 5.32 Å². The molecule has 0 atom stereocenters. The van der Waals surface area contributed by atoms with Crippen LogP contribution >= 0.6 is 0 Å². The van der Waals surface area contributed by atoms with E-state index in [1.54, 1.807) is 0 Å². The molecule has 1 aromatic heterocycles. The molecule has 3 rings (SSSR count). The Balaban J connectivity index is 1.78. The molecule has 1 aliphatic heterocycles. The Labute approximate surface area is 120 Å². The molecule has 0 spiro atoms. The van der Waals surface area contributed by atoms with E-state index in [0.29, 0.717) is 0 Å². The molecule has 0 bridgehead atoms. The number of nitrogens with one attached hydrogen (secondary N) is 1. The van der Waals surface area contributed by atoms with Gasteiger partial charge in [0.05, 0.1) is 5.69 Å². The molecule has 0 fully saturated rings. The fourth-order valence-electron chi connectivity index (χ4n) is 2.67. The minimum atomic E-state index is -0.0939. The predicted octanol–water partition coefficient (Wildman–Crippen LogP) is 3.72. The lowest BCUT2D eigenvalue weighted by Crippen LogP contribution is -2.25. The lowest BCUT2D eigenvalue weighted by atomic mass is 10.0. The molecule has 2 aromatic rings. The second-order valence-electron chi connectivity index (χ2n) is 6.05. The number of anilines is 1. The monoisotopic (exact) mass is 268 g/mol. The Morgan fingerprint density at radius 1 is 1.30 bits per heavy atom. The number of aromatic nitrogens is 1. The van der Waals surface area contributed by atoms with Crippen LogP contribution in [0.4, 0.5) is 5.69 Å². The summed E-state index contributed by atoms with van der Waals surface area (Å²) < 4.78 is 6.08. The summed E-state index contributed by atoms with van der Waals surface area (Å²) in [4.78, 5) is 4.20. The maximum Gasteiger partial charge on any atom is 0.128 e. The van der Waals surface area contributed by atoms with Crippen molar-refractivity contribution in [1.29, 1.82) is 0 Å². The maximum atomic E-state index is 6.08. The van der Waals surface area contributed by atoms with Crippen LogP contribution in [0.25, 0.3) is 0 Å². The molecule has 20 heavy (non-hydrogen) atoms. The first-order chi connectivity index (χ1) is 9.53. The zero-order valence-electron chi connectivity index (χ0n) is 12.2. The Morgan fingerprint density at radius 2 is 2.15 bits per heavy atom. The van der Waals surface area contributed by atoms with E-state index in [4.69, 9.17) is 4.74 Å². The van der Waals surface area contributed by atoms with Crippen LogP contribution in [0, 0.1) is 6.92 Å². The van der Waals surface area contributed by atoms with E-state index >= 15 is 0 Å². The number of aryl methyl sites for hydroxylation is 1. The Kier molecular flexibility index (Phi) is 3.13. The van der Waals surface area contributed by atoms with E-state index in [-0.39, 0.29) is 5.60 Å². The first-order valence-corrected chi connectivity index (χ1v) is 6.99. The topological polar surface area (TPSA) is 34.2 Å². The molecule has 0 radical (unpaired) electrons. The minimum absolute atomic E-state index is 0.0939. The maximum absolute atomic E-state index is 6.08. The van der Waals surface area contributed by atoms with E-state index in [9.17, 15) is 0 Å². The van der Waals surface area contributed by atoms with E-state index in [1.165, 1.54) is 11.1 Å². The summed E-state index contributed by atoms with van der Waals surface area (Å²) in [5, 5.41) is 3.42. The lowest BCUT2D eigenvalue weighted by molar-refractivity contribution is 0.137. The largest absolute Gasteiger partial charge is 0.487 e. The third-order valence-electron chi connectivity index (χ3n) is 3.53. The zero-order chi connectivity index (χ0) is 14.2. The van der Waals surface area contributed by atoms with Gasteiger partial charge in [-0.3, -0.25) is 4.98 Å². The van der Waals surface area contributed by atoms with Crippen LogP contribution in [-0.4, -0.2) is 10.6 Å². The fraction of sp³-hybridized carbons (Fsp3) is 0.353. The van der Waals surface area contributed by atoms with Crippen molar-refractivity contribution < 1.29 is 4.74 Å². The van der Waals surface area contributed by atoms with Gasteiger partial charge in [-0.05, 0) is 38.0 Å². The molecule has 0 unspecified atom stereocenters. The smallest absolute Gasteiger partial charge is 0.128 e. The van der Waals surface area contributed by atoms with Crippen LogP contribution in [0.15, 0.2) is 36.7 Å². The number of ether oxygens (including phenoxy) is 1. The number of pyridine rings is 1. The number of fused-ring (bicyclic) bond motifs is 1. The lowest BCUT2D eigenvalue weighted by Gasteiger charge is -2.18. The van der Waals surface area contributed by atoms with Crippen LogP contribution < -0.4 is 10.1 Å². The number of benzene rings is 1. The van der Waals surface area contributed by atoms with Gasteiger partial charge in [-0.1, -0.05) is 18.2 Å². The molecule has 1 aromatic carbocycles. The quantitative estimate of drug-likeness (QED) is 0.921. The first-order valence-electron chi connectivity index (χ1n) is 6.99. The van der Waals surface area contributed by atoms with Gasteiger partial charge in [0, 0.05) is 30.9 Å². The van der Waals surface area contributed by atoms with Crippen molar-refractivity contribution >= 4 is 5.69 Å². The summed E-state index contributed by atoms with van der Waals surface area (Å²) in [7, 11) is 0. The number of rotatable bonds is 3. The van der Waals surface area contributed by atoms with Gasteiger partial charge in [0.1, 0.15) is 11.4 Å². The molecule has 1 aliphatic rings. The van der Waals surface area contributed by atoms with Crippen LogP contribution in [-0.2, 0) is 13.0 Å². The van der Waals surface area contributed by atoms with Gasteiger partial charge >= 0.3 is 0 Å². The highest BCUT2D eigenvalue weighted by Crippen LogP contribution is 2.37.